The second-order valence-corrected chi connectivity index (χ2v) is 4.55. The SMILES string of the molecule is Cc1cc(NC(=O)CN2CCCCC2C=O)on1. The molecule has 6 heteroatoms. The summed E-state index contributed by atoms with van der Waals surface area (Å²) in [5.74, 6) is 0.164. The van der Waals surface area contributed by atoms with Gasteiger partial charge in [0.05, 0.1) is 18.3 Å². The predicted molar refractivity (Wildman–Crippen MR) is 65.1 cm³/mol. The topological polar surface area (TPSA) is 75.4 Å². The molecule has 0 radical (unpaired) electrons. The van der Waals surface area contributed by atoms with Crippen LogP contribution in [0.25, 0.3) is 0 Å². The van der Waals surface area contributed by atoms with E-state index in [1.54, 1.807) is 13.0 Å². The van der Waals surface area contributed by atoms with Crippen molar-refractivity contribution < 1.29 is 14.1 Å². The molecule has 1 N–H and O–H groups in total. The van der Waals surface area contributed by atoms with Crippen LogP contribution in [-0.2, 0) is 9.59 Å². The molecule has 1 aromatic rings. The van der Waals surface area contributed by atoms with E-state index in [0.717, 1.165) is 32.1 Å². The maximum Gasteiger partial charge on any atom is 0.240 e. The number of carbonyl (C=O) groups excluding carboxylic acids is 2. The van der Waals surface area contributed by atoms with Crippen LogP contribution >= 0.6 is 0 Å². The molecule has 0 bridgehead atoms. The first kappa shape index (κ1) is 12.8. The molecule has 0 aromatic carbocycles. The first-order chi connectivity index (χ1) is 8.69. The molecule has 0 spiro atoms. The number of nitrogens with zero attached hydrogens (tertiary/aromatic N) is 2. The summed E-state index contributed by atoms with van der Waals surface area (Å²) in [6, 6.07) is 1.52. The van der Waals surface area contributed by atoms with E-state index in [1.807, 2.05) is 4.90 Å². The predicted octanol–water partition coefficient (Wildman–Crippen LogP) is 0.975. The fourth-order valence-corrected chi connectivity index (χ4v) is 2.15. The Morgan fingerprint density at radius 3 is 3.17 bits per heavy atom. The molecule has 0 aliphatic carbocycles. The minimum Gasteiger partial charge on any atom is -0.338 e. The van der Waals surface area contributed by atoms with E-state index < -0.39 is 0 Å². The summed E-state index contributed by atoms with van der Waals surface area (Å²) < 4.78 is 4.91. The minimum atomic E-state index is -0.181. The monoisotopic (exact) mass is 251 g/mol. The largest absolute Gasteiger partial charge is 0.338 e. The van der Waals surface area contributed by atoms with Crippen LogP contribution in [0.3, 0.4) is 0 Å². The van der Waals surface area contributed by atoms with E-state index in [-0.39, 0.29) is 18.5 Å². The molecule has 1 atom stereocenters. The van der Waals surface area contributed by atoms with Gasteiger partial charge in [-0.05, 0) is 26.3 Å². The number of piperidine rings is 1. The van der Waals surface area contributed by atoms with Crippen molar-refractivity contribution in [3.05, 3.63) is 11.8 Å². The number of amides is 1. The first-order valence-electron chi connectivity index (χ1n) is 6.11. The van der Waals surface area contributed by atoms with Crippen LogP contribution in [0.1, 0.15) is 25.0 Å². The summed E-state index contributed by atoms with van der Waals surface area (Å²) in [5, 5.41) is 6.32. The molecule has 1 aliphatic rings. The van der Waals surface area contributed by atoms with Crippen LogP contribution in [0.5, 0.6) is 0 Å². The van der Waals surface area contributed by atoms with Gasteiger partial charge in [0.1, 0.15) is 6.29 Å². The number of aromatic nitrogens is 1. The maximum atomic E-state index is 11.8. The summed E-state index contributed by atoms with van der Waals surface area (Å²) in [7, 11) is 0. The van der Waals surface area contributed by atoms with Gasteiger partial charge in [0.2, 0.25) is 11.8 Å². The van der Waals surface area contributed by atoms with E-state index in [1.165, 1.54) is 0 Å². The summed E-state index contributed by atoms with van der Waals surface area (Å²) in [6.07, 6.45) is 3.82. The van der Waals surface area contributed by atoms with Crippen molar-refractivity contribution in [2.45, 2.75) is 32.2 Å². The normalized spacial score (nSPS) is 20.6. The second kappa shape index (κ2) is 5.77. The molecule has 2 heterocycles. The lowest BCUT2D eigenvalue weighted by Crippen LogP contribution is -2.44. The molecule has 1 fully saturated rings. The highest BCUT2D eigenvalue weighted by molar-refractivity contribution is 5.91. The Bertz CT molecular complexity index is 430. The highest BCUT2D eigenvalue weighted by Gasteiger charge is 2.23. The number of hydrogen-bond acceptors (Lipinski definition) is 5. The number of hydrogen-bond donors (Lipinski definition) is 1. The van der Waals surface area contributed by atoms with Crippen LogP contribution in [0.15, 0.2) is 10.6 Å². The standard InChI is InChI=1S/C12H17N3O3/c1-9-6-12(18-14-9)13-11(17)7-15-5-3-2-4-10(15)8-16/h6,8,10H,2-5,7H2,1H3,(H,13,17). The van der Waals surface area contributed by atoms with Crippen LogP contribution in [-0.4, -0.2) is 41.4 Å². The van der Waals surface area contributed by atoms with Gasteiger partial charge >= 0.3 is 0 Å². The number of likely N-dealkylation sites (tertiary alicyclic amines) is 1. The number of rotatable bonds is 4. The van der Waals surface area contributed by atoms with Gasteiger partial charge < -0.3 is 9.32 Å². The third kappa shape index (κ3) is 3.16. The fraction of sp³-hybridized carbons (Fsp3) is 0.583. The highest BCUT2D eigenvalue weighted by atomic mass is 16.5. The van der Waals surface area contributed by atoms with Crippen molar-refractivity contribution in [1.29, 1.82) is 0 Å². The Morgan fingerprint density at radius 2 is 2.50 bits per heavy atom. The lowest BCUT2D eigenvalue weighted by Gasteiger charge is -2.31. The molecule has 1 saturated heterocycles. The summed E-state index contributed by atoms with van der Waals surface area (Å²) in [4.78, 5) is 24.6. The lowest BCUT2D eigenvalue weighted by molar-refractivity contribution is -0.120. The molecule has 1 unspecified atom stereocenters. The van der Waals surface area contributed by atoms with Gasteiger partial charge in [-0.2, -0.15) is 0 Å². The van der Waals surface area contributed by atoms with E-state index in [9.17, 15) is 9.59 Å². The Balaban J connectivity index is 1.88. The van der Waals surface area contributed by atoms with Crippen molar-refractivity contribution in [1.82, 2.24) is 10.1 Å². The number of aryl methyl sites for hydroxylation is 1. The zero-order valence-corrected chi connectivity index (χ0v) is 10.4. The van der Waals surface area contributed by atoms with E-state index >= 15 is 0 Å². The molecule has 6 nitrogen and oxygen atoms in total. The molecular weight excluding hydrogens is 234 g/mol. The first-order valence-corrected chi connectivity index (χ1v) is 6.11. The Hall–Kier alpha value is -1.69. The second-order valence-electron chi connectivity index (χ2n) is 4.55. The Kier molecular flexibility index (Phi) is 4.09. The van der Waals surface area contributed by atoms with Gasteiger partial charge in [0.15, 0.2) is 0 Å². The van der Waals surface area contributed by atoms with Crippen molar-refractivity contribution in [3.63, 3.8) is 0 Å². The number of nitrogens with one attached hydrogen (secondary N) is 1. The molecule has 18 heavy (non-hydrogen) atoms. The number of anilines is 1. The van der Waals surface area contributed by atoms with E-state index in [2.05, 4.69) is 10.5 Å². The molecule has 98 valence electrons. The van der Waals surface area contributed by atoms with E-state index in [0.29, 0.717) is 11.6 Å². The smallest absolute Gasteiger partial charge is 0.240 e. The molecule has 1 aromatic heterocycles. The maximum absolute atomic E-state index is 11.8. The molecule has 0 saturated carbocycles. The molecule has 1 amide bonds. The van der Waals surface area contributed by atoms with Crippen LogP contribution in [0.4, 0.5) is 5.88 Å². The summed E-state index contributed by atoms with van der Waals surface area (Å²) in [6.45, 7) is 2.78. The molecule has 2 rings (SSSR count). The van der Waals surface area contributed by atoms with Gasteiger partial charge in [0, 0.05) is 6.07 Å². The Morgan fingerprint density at radius 1 is 1.67 bits per heavy atom. The third-order valence-electron chi connectivity index (χ3n) is 3.06. The number of carbonyl (C=O) groups is 2. The van der Waals surface area contributed by atoms with Gasteiger partial charge in [-0.1, -0.05) is 11.6 Å². The van der Waals surface area contributed by atoms with Gasteiger partial charge in [0.25, 0.3) is 0 Å². The van der Waals surface area contributed by atoms with Crippen LogP contribution in [0.2, 0.25) is 0 Å². The van der Waals surface area contributed by atoms with Gasteiger partial charge in [-0.15, -0.1) is 0 Å². The molecule has 1 aliphatic heterocycles. The number of aldehydes is 1. The molecular formula is C12H17N3O3. The average Bonchev–Trinajstić information content (AvgIpc) is 2.75. The lowest BCUT2D eigenvalue weighted by atomic mass is 10.0. The van der Waals surface area contributed by atoms with Gasteiger partial charge in [-0.25, -0.2) is 0 Å². The zero-order valence-electron chi connectivity index (χ0n) is 10.4. The van der Waals surface area contributed by atoms with Crippen LogP contribution in [0, 0.1) is 6.92 Å². The van der Waals surface area contributed by atoms with Crippen molar-refractivity contribution >= 4 is 18.1 Å². The Labute approximate surface area is 105 Å². The summed E-state index contributed by atoms with van der Waals surface area (Å²) in [5.41, 5.74) is 0.717. The minimum absolute atomic E-state index is 0.138. The fourth-order valence-electron chi connectivity index (χ4n) is 2.15. The van der Waals surface area contributed by atoms with Crippen molar-refractivity contribution in [3.8, 4) is 0 Å². The average molecular weight is 251 g/mol. The highest BCUT2D eigenvalue weighted by Crippen LogP contribution is 2.15. The zero-order chi connectivity index (χ0) is 13.0. The summed E-state index contributed by atoms with van der Waals surface area (Å²) >= 11 is 0. The van der Waals surface area contributed by atoms with Gasteiger partial charge in [-0.3, -0.25) is 15.0 Å². The van der Waals surface area contributed by atoms with Crippen molar-refractivity contribution in [2.24, 2.45) is 0 Å². The third-order valence-corrected chi connectivity index (χ3v) is 3.06. The van der Waals surface area contributed by atoms with E-state index in [4.69, 9.17) is 4.52 Å². The van der Waals surface area contributed by atoms with Crippen LogP contribution < -0.4 is 5.32 Å². The quantitative estimate of drug-likeness (QED) is 0.807. The van der Waals surface area contributed by atoms with Crippen molar-refractivity contribution in [2.75, 3.05) is 18.4 Å².